The molecule has 0 fully saturated rings. The molecule has 1 N–H and O–H groups in total. The average molecular weight is 467 g/mol. The molecule has 4 rings (SSSR count). The Labute approximate surface area is 199 Å². The number of benzene rings is 2. The molecule has 174 valence electrons. The Kier molecular flexibility index (Phi) is 7.59. The number of aryl methyl sites for hydroxylation is 1. The molecule has 8 heteroatoms. The van der Waals surface area contributed by atoms with Gasteiger partial charge >= 0.3 is 0 Å². The molecule has 0 saturated carbocycles. The van der Waals surface area contributed by atoms with Crippen LogP contribution in [0.25, 0.3) is 0 Å². The van der Waals surface area contributed by atoms with Gasteiger partial charge in [0.15, 0.2) is 11.5 Å². The first-order chi connectivity index (χ1) is 16.0. The Morgan fingerprint density at radius 2 is 1.76 bits per heavy atom. The molecule has 0 aliphatic carbocycles. The van der Waals surface area contributed by atoms with Crippen molar-refractivity contribution in [2.75, 3.05) is 34.0 Å². The first-order valence-corrected chi connectivity index (χ1v) is 11.9. The van der Waals surface area contributed by atoms with Crippen LogP contribution in [0, 0.1) is 6.92 Å². The number of nitrogens with zero attached hydrogens (tertiary/aromatic N) is 3. The van der Waals surface area contributed by atoms with Crippen molar-refractivity contribution in [2.45, 2.75) is 26.6 Å². The molecule has 1 aromatic heterocycles. The number of hydrogen-bond acceptors (Lipinski definition) is 7. The Morgan fingerprint density at radius 1 is 1.03 bits per heavy atom. The van der Waals surface area contributed by atoms with E-state index in [1.54, 1.807) is 0 Å². The van der Waals surface area contributed by atoms with Gasteiger partial charge in [0.05, 0.1) is 6.54 Å². The molecule has 0 radical (unpaired) electrons. The molecule has 1 aliphatic rings. The number of likely N-dealkylation sites (N-methyl/N-ethyl adjacent to an activating group) is 1. The molecule has 2 heterocycles. The molecule has 33 heavy (non-hydrogen) atoms. The molecule has 2 aromatic carbocycles. The number of hydrogen-bond donors (Lipinski definition) is 1. The van der Waals surface area contributed by atoms with Gasteiger partial charge < -0.3 is 19.7 Å². The SMILES string of the molecule is Cc1ccc(CN(Cc2ccc3c(c2)OCO3)Cc2nc(C(=O)NCCN(C)C)cs2)cc1. The van der Waals surface area contributed by atoms with E-state index in [1.807, 2.05) is 36.5 Å². The zero-order valence-electron chi connectivity index (χ0n) is 19.3. The number of rotatable bonds is 10. The predicted molar refractivity (Wildman–Crippen MR) is 130 cm³/mol. The second-order valence-corrected chi connectivity index (χ2v) is 9.45. The number of nitrogens with one attached hydrogen (secondary N) is 1. The van der Waals surface area contributed by atoms with E-state index in [-0.39, 0.29) is 12.7 Å². The Morgan fingerprint density at radius 3 is 2.55 bits per heavy atom. The third kappa shape index (κ3) is 6.54. The van der Waals surface area contributed by atoms with Crippen molar-refractivity contribution < 1.29 is 14.3 Å². The van der Waals surface area contributed by atoms with Crippen LogP contribution < -0.4 is 14.8 Å². The number of carbonyl (C=O) groups excluding carboxylic acids is 1. The number of amides is 1. The van der Waals surface area contributed by atoms with Crippen LogP contribution >= 0.6 is 11.3 Å². The fourth-order valence-corrected chi connectivity index (χ4v) is 4.40. The molecular formula is C25H30N4O3S. The summed E-state index contributed by atoms with van der Waals surface area (Å²) in [6.07, 6.45) is 0. The maximum atomic E-state index is 12.4. The maximum absolute atomic E-state index is 12.4. The van der Waals surface area contributed by atoms with Crippen LogP contribution in [-0.4, -0.2) is 54.7 Å². The van der Waals surface area contributed by atoms with Gasteiger partial charge in [0.25, 0.3) is 5.91 Å². The van der Waals surface area contributed by atoms with E-state index in [2.05, 4.69) is 52.5 Å². The van der Waals surface area contributed by atoms with Crippen LogP contribution in [0.5, 0.6) is 11.5 Å². The molecule has 0 bridgehead atoms. The fraction of sp³-hybridized carbons (Fsp3) is 0.360. The molecule has 0 saturated heterocycles. The first-order valence-electron chi connectivity index (χ1n) is 11.0. The van der Waals surface area contributed by atoms with Crippen LogP contribution in [0.1, 0.15) is 32.2 Å². The molecule has 0 unspecified atom stereocenters. The highest BCUT2D eigenvalue weighted by Gasteiger charge is 2.17. The van der Waals surface area contributed by atoms with Gasteiger partial charge in [0.2, 0.25) is 6.79 Å². The summed E-state index contributed by atoms with van der Waals surface area (Å²) in [5.41, 5.74) is 4.10. The molecule has 0 spiro atoms. The van der Waals surface area contributed by atoms with E-state index in [4.69, 9.17) is 9.47 Å². The predicted octanol–water partition coefficient (Wildman–Crippen LogP) is 3.67. The van der Waals surface area contributed by atoms with Crippen molar-refractivity contribution in [2.24, 2.45) is 0 Å². The normalized spacial score (nSPS) is 12.5. The molecule has 7 nitrogen and oxygen atoms in total. The van der Waals surface area contributed by atoms with Gasteiger partial charge in [-0.15, -0.1) is 11.3 Å². The maximum Gasteiger partial charge on any atom is 0.270 e. The standard InChI is InChI=1S/C25H30N4O3S/c1-18-4-6-19(7-5-18)13-29(14-20-8-9-22-23(12-20)32-17-31-22)15-24-27-21(16-33-24)25(30)26-10-11-28(2)3/h4-9,12,16H,10-11,13-15,17H2,1-3H3,(H,26,30). The van der Waals surface area contributed by atoms with Crippen LogP contribution in [0.3, 0.4) is 0 Å². The van der Waals surface area contributed by atoms with Crippen molar-refractivity contribution in [1.82, 2.24) is 20.1 Å². The third-order valence-electron chi connectivity index (χ3n) is 5.36. The van der Waals surface area contributed by atoms with Gasteiger partial charge in [-0.05, 0) is 44.3 Å². The van der Waals surface area contributed by atoms with Crippen molar-refractivity contribution in [3.05, 3.63) is 75.2 Å². The highest BCUT2D eigenvalue weighted by Crippen LogP contribution is 2.33. The summed E-state index contributed by atoms with van der Waals surface area (Å²) in [5, 5.41) is 5.69. The Balaban J connectivity index is 1.46. The number of aromatic nitrogens is 1. The minimum Gasteiger partial charge on any atom is -0.454 e. The van der Waals surface area contributed by atoms with Gasteiger partial charge in [-0.2, -0.15) is 0 Å². The van der Waals surface area contributed by atoms with E-state index in [1.165, 1.54) is 22.5 Å². The lowest BCUT2D eigenvalue weighted by atomic mass is 10.1. The topological polar surface area (TPSA) is 66.9 Å². The lowest BCUT2D eigenvalue weighted by molar-refractivity contribution is 0.0946. The molecule has 0 atom stereocenters. The summed E-state index contributed by atoms with van der Waals surface area (Å²) < 4.78 is 11.0. The summed E-state index contributed by atoms with van der Waals surface area (Å²) in [6, 6.07) is 14.7. The Bertz CT molecular complexity index is 1080. The number of ether oxygens (including phenoxy) is 2. The zero-order chi connectivity index (χ0) is 23.2. The van der Waals surface area contributed by atoms with Gasteiger partial charge in [0.1, 0.15) is 10.7 Å². The van der Waals surface area contributed by atoms with Crippen LogP contribution in [0.2, 0.25) is 0 Å². The average Bonchev–Trinajstić information content (AvgIpc) is 3.44. The summed E-state index contributed by atoms with van der Waals surface area (Å²) in [6.45, 7) is 5.91. The van der Waals surface area contributed by atoms with Crippen molar-refractivity contribution in [1.29, 1.82) is 0 Å². The summed E-state index contributed by atoms with van der Waals surface area (Å²) in [4.78, 5) is 21.4. The monoisotopic (exact) mass is 466 g/mol. The van der Waals surface area contributed by atoms with Gasteiger partial charge in [0, 0.05) is 31.6 Å². The van der Waals surface area contributed by atoms with Crippen LogP contribution in [0.15, 0.2) is 47.8 Å². The Hall–Kier alpha value is -2.94. The number of thiazole rings is 1. The first kappa shape index (κ1) is 23.2. The number of carbonyl (C=O) groups is 1. The van der Waals surface area contributed by atoms with E-state index in [0.717, 1.165) is 41.7 Å². The fourth-order valence-electron chi connectivity index (χ4n) is 3.58. The van der Waals surface area contributed by atoms with E-state index in [0.29, 0.717) is 18.8 Å². The summed E-state index contributed by atoms with van der Waals surface area (Å²) in [7, 11) is 3.96. The lowest BCUT2D eigenvalue weighted by Crippen LogP contribution is -2.31. The van der Waals surface area contributed by atoms with Crippen molar-refractivity contribution >= 4 is 17.2 Å². The van der Waals surface area contributed by atoms with Crippen molar-refractivity contribution in [3.63, 3.8) is 0 Å². The van der Waals surface area contributed by atoms with Gasteiger partial charge in [-0.25, -0.2) is 4.98 Å². The minimum absolute atomic E-state index is 0.125. The smallest absolute Gasteiger partial charge is 0.270 e. The minimum atomic E-state index is -0.125. The van der Waals surface area contributed by atoms with E-state index >= 15 is 0 Å². The van der Waals surface area contributed by atoms with Crippen molar-refractivity contribution in [3.8, 4) is 11.5 Å². The zero-order valence-corrected chi connectivity index (χ0v) is 20.2. The summed E-state index contributed by atoms with van der Waals surface area (Å²) in [5.74, 6) is 1.45. The van der Waals surface area contributed by atoms with Gasteiger partial charge in [-0.1, -0.05) is 35.9 Å². The third-order valence-corrected chi connectivity index (χ3v) is 6.19. The quantitative estimate of drug-likeness (QED) is 0.492. The molecule has 1 amide bonds. The largest absolute Gasteiger partial charge is 0.454 e. The highest BCUT2D eigenvalue weighted by atomic mass is 32.1. The molecular weight excluding hydrogens is 436 g/mol. The number of fused-ring (bicyclic) bond motifs is 1. The molecule has 1 aliphatic heterocycles. The van der Waals surface area contributed by atoms with E-state index < -0.39 is 0 Å². The summed E-state index contributed by atoms with van der Waals surface area (Å²) >= 11 is 1.52. The lowest BCUT2D eigenvalue weighted by Gasteiger charge is -2.22. The molecule has 3 aromatic rings. The van der Waals surface area contributed by atoms with Crippen LogP contribution in [0.4, 0.5) is 0 Å². The second kappa shape index (κ2) is 10.8. The second-order valence-electron chi connectivity index (χ2n) is 8.50. The van der Waals surface area contributed by atoms with Crippen LogP contribution in [-0.2, 0) is 19.6 Å². The van der Waals surface area contributed by atoms with E-state index in [9.17, 15) is 4.79 Å². The van der Waals surface area contributed by atoms with Gasteiger partial charge in [-0.3, -0.25) is 9.69 Å². The highest BCUT2D eigenvalue weighted by molar-refractivity contribution is 7.09.